The molecule has 1 aliphatic rings. The van der Waals surface area contributed by atoms with Crippen molar-refractivity contribution in [2.24, 2.45) is 0 Å². The van der Waals surface area contributed by atoms with Crippen LogP contribution in [-0.2, 0) is 24.1 Å². The minimum atomic E-state index is -4.42. The Morgan fingerprint density at radius 2 is 1.97 bits per heavy atom. The monoisotopic (exact) mass is 473 g/mol. The third-order valence-corrected chi connectivity index (χ3v) is 5.69. The second kappa shape index (κ2) is 9.70. The fraction of sp³-hybridized carbons (Fsp3) is 0.391. The second-order valence-electron chi connectivity index (χ2n) is 8.18. The first kappa shape index (κ1) is 23.5. The minimum Gasteiger partial charge on any atom is -0.350 e. The van der Waals surface area contributed by atoms with Crippen molar-refractivity contribution in [1.82, 2.24) is 19.7 Å². The van der Waals surface area contributed by atoms with Crippen LogP contribution in [0.15, 0.2) is 42.9 Å². The molecule has 1 aliphatic heterocycles. The molecule has 0 bridgehead atoms. The Bertz CT molecular complexity index is 1160. The third kappa shape index (κ3) is 5.13. The van der Waals surface area contributed by atoms with Crippen LogP contribution < -0.4 is 15.1 Å². The van der Waals surface area contributed by atoms with E-state index >= 15 is 0 Å². The van der Waals surface area contributed by atoms with Gasteiger partial charge < -0.3 is 15.1 Å². The summed E-state index contributed by atoms with van der Waals surface area (Å²) in [7, 11) is 1.71. The van der Waals surface area contributed by atoms with Crippen LogP contribution in [0.4, 0.5) is 30.6 Å². The normalized spacial score (nSPS) is 13.9. The number of carbonyl (C=O) groups is 1. The van der Waals surface area contributed by atoms with Gasteiger partial charge in [-0.2, -0.15) is 23.3 Å². The van der Waals surface area contributed by atoms with Crippen molar-refractivity contribution >= 4 is 23.4 Å². The number of hydrogen-bond donors (Lipinski definition) is 1. The molecule has 0 saturated carbocycles. The van der Waals surface area contributed by atoms with E-state index in [-0.39, 0.29) is 24.6 Å². The lowest BCUT2D eigenvalue weighted by Gasteiger charge is -2.34. The lowest BCUT2D eigenvalue weighted by Crippen LogP contribution is -2.45. The van der Waals surface area contributed by atoms with Crippen molar-refractivity contribution in [3.8, 4) is 0 Å². The van der Waals surface area contributed by atoms with Crippen LogP contribution in [0.2, 0.25) is 0 Å². The van der Waals surface area contributed by atoms with Gasteiger partial charge in [0.2, 0.25) is 11.9 Å². The molecule has 0 fully saturated rings. The molecule has 0 radical (unpaired) electrons. The summed E-state index contributed by atoms with van der Waals surface area (Å²) in [6.07, 6.45) is 2.45. The van der Waals surface area contributed by atoms with Gasteiger partial charge in [0.1, 0.15) is 5.69 Å². The summed E-state index contributed by atoms with van der Waals surface area (Å²) in [5.41, 5.74) is 0.931. The minimum absolute atomic E-state index is 0.00702. The first-order chi connectivity index (χ1) is 16.3. The van der Waals surface area contributed by atoms with Crippen LogP contribution >= 0.6 is 0 Å². The number of hydrogen-bond acceptors (Lipinski definition) is 6. The molecule has 11 heteroatoms. The Morgan fingerprint density at radius 3 is 2.74 bits per heavy atom. The predicted octanol–water partition coefficient (Wildman–Crippen LogP) is 3.94. The average molecular weight is 474 g/mol. The van der Waals surface area contributed by atoms with Gasteiger partial charge in [0.25, 0.3) is 0 Å². The van der Waals surface area contributed by atoms with Gasteiger partial charge in [0, 0.05) is 31.9 Å². The summed E-state index contributed by atoms with van der Waals surface area (Å²) in [6.45, 7) is 3.45. The number of anilines is 3. The summed E-state index contributed by atoms with van der Waals surface area (Å²) in [6, 6.07) is 5.48. The number of unbranched alkanes of at least 4 members (excludes halogenated alkanes) is 1. The summed E-state index contributed by atoms with van der Waals surface area (Å²) < 4.78 is 41.2. The lowest BCUT2D eigenvalue weighted by molar-refractivity contribution is -0.138. The SMILES string of the molecule is CCCCN1CC(=O)N(C)c2cnc(NCc3cnn(Cc4ccccc4C(F)(F)F)c3)nc21. The second-order valence-corrected chi connectivity index (χ2v) is 8.18. The molecule has 0 aliphatic carbocycles. The molecule has 0 atom stereocenters. The summed E-state index contributed by atoms with van der Waals surface area (Å²) in [5, 5.41) is 7.34. The van der Waals surface area contributed by atoms with Gasteiger partial charge in [-0.1, -0.05) is 31.5 Å². The van der Waals surface area contributed by atoms with Crippen molar-refractivity contribution in [3.05, 3.63) is 59.5 Å². The molecule has 0 spiro atoms. The quantitative estimate of drug-likeness (QED) is 0.534. The van der Waals surface area contributed by atoms with Crippen molar-refractivity contribution in [2.45, 2.75) is 39.0 Å². The zero-order valence-corrected chi connectivity index (χ0v) is 19.0. The van der Waals surface area contributed by atoms with Crippen LogP contribution in [0.3, 0.4) is 0 Å². The van der Waals surface area contributed by atoms with E-state index in [1.807, 2.05) is 4.90 Å². The molecule has 1 N–H and O–H groups in total. The molecule has 0 saturated heterocycles. The Kier molecular flexibility index (Phi) is 6.71. The maximum atomic E-state index is 13.2. The number of alkyl halides is 3. The molecule has 2 aromatic heterocycles. The zero-order valence-electron chi connectivity index (χ0n) is 19.0. The highest BCUT2D eigenvalue weighted by atomic mass is 19.4. The van der Waals surface area contributed by atoms with Gasteiger partial charge in [-0.05, 0) is 18.1 Å². The highest BCUT2D eigenvalue weighted by Crippen LogP contribution is 2.33. The number of fused-ring (bicyclic) bond motifs is 1. The number of nitrogens with one attached hydrogen (secondary N) is 1. The number of carbonyl (C=O) groups excluding carboxylic acids is 1. The van der Waals surface area contributed by atoms with Gasteiger partial charge in [-0.3, -0.25) is 9.48 Å². The Hall–Kier alpha value is -3.63. The van der Waals surface area contributed by atoms with Crippen LogP contribution in [0.25, 0.3) is 0 Å². The molecule has 4 rings (SSSR count). The largest absolute Gasteiger partial charge is 0.416 e. The summed E-state index contributed by atoms with van der Waals surface area (Å²) in [5.74, 6) is 1.10. The van der Waals surface area contributed by atoms with E-state index in [4.69, 9.17) is 0 Å². The highest BCUT2D eigenvalue weighted by molar-refractivity contribution is 6.01. The van der Waals surface area contributed by atoms with Crippen molar-refractivity contribution in [1.29, 1.82) is 0 Å². The molecule has 0 unspecified atom stereocenters. The van der Waals surface area contributed by atoms with Gasteiger partial charge >= 0.3 is 6.18 Å². The maximum absolute atomic E-state index is 13.2. The number of amides is 1. The summed E-state index contributed by atoms with van der Waals surface area (Å²) in [4.78, 5) is 24.7. The maximum Gasteiger partial charge on any atom is 0.416 e. The van der Waals surface area contributed by atoms with Crippen LogP contribution in [0, 0.1) is 0 Å². The van der Waals surface area contributed by atoms with Gasteiger partial charge in [0.05, 0.1) is 31.0 Å². The number of benzene rings is 1. The van der Waals surface area contributed by atoms with E-state index in [0.717, 1.165) is 31.0 Å². The third-order valence-electron chi connectivity index (χ3n) is 5.69. The molecule has 180 valence electrons. The lowest BCUT2D eigenvalue weighted by atomic mass is 10.1. The number of halogens is 3. The zero-order chi connectivity index (χ0) is 24.3. The van der Waals surface area contributed by atoms with E-state index in [9.17, 15) is 18.0 Å². The van der Waals surface area contributed by atoms with Crippen molar-refractivity contribution in [2.75, 3.05) is 35.3 Å². The standard InChI is InChI=1S/C23H26F3N7O/c1-3-4-9-32-15-20(34)31(2)19-12-28-22(30-21(19)32)27-10-16-11-29-33(13-16)14-17-7-5-6-8-18(17)23(24,25)26/h5-8,11-13H,3-4,9-10,14-15H2,1-2H3,(H,27,28,30). The van der Waals surface area contributed by atoms with Gasteiger partial charge in [0.15, 0.2) is 5.82 Å². The molecule has 1 amide bonds. The fourth-order valence-corrected chi connectivity index (χ4v) is 3.81. The number of nitrogens with zero attached hydrogens (tertiary/aromatic N) is 6. The van der Waals surface area contributed by atoms with Crippen LogP contribution in [-0.4, -0.2) is 45.8 Å². The van der Waals surface area contributed by atoms with Crippen LogP contribution in [0.1, 0.15) is 36.5 Å². The Balaban J connectivity index is 1.45. The Morgan fingerprint density at radius 1 is 1.18 bits per heavy atom. The molecule has 34 heavy (non-hydrogen) atoms. The highest BCUT2D eigenvalue weighted by Gasteiger charge is 2.33. The number of aromatic nitrogens is 4. The molecule has 3 aromatic rings. The number of likely N-dealkylation sites (N-methyl/N-ethyl adjacent to an activating group) is 1. The average Bonchev–Trinajstić information content (AvgIpc) is 3.26. The van der Waals surface area contributed by atoms with Crippen LogP contribution in [0.5, 0.6) is 0 Å². The predicted molar refractivity (Wildman–Crippen MR) is 123 cm³/mol. The van der Waals surface area contributed by atoms with Crippen molar-refractivity contribution in [3.63, 3.8) is 0 Å². The fourth-order valence-electron chi connectivity index (χ4n) is 3.81. The Labute approximate surface area is 195 Å². The van der Waals surface area contributed by atoms with E-state index in [0.29, 0.717) is 24.0 Å². The molecular formula is C23H26F3N7O. The van der Waals surface area contributed by atoms with Gasteiger partial charge in [-0.15, -0.1) is 0 Å². The molecule has 3 heterocycles. The molecule has 8 nitrogen and oxygen atoms in total. The van der Waals surface area contributed by atoms with Crippen molar-refractivity contribution < 1.29 is 18.0 Å². The first-order valence-corrected chi connectivity index (χ1v) is 11.0. The van der Waals surface area contributed by atoms with Gasteiger partial charge in [-0.25, -0.2) is 4.98 Å². The first-order valence-electron chi connectivity index (χ1n) is 11.0. The number of rotatable bonds is 8. The van der Waals surface area contributed by atoms with E-state index in [1.54, 1.807) is 36.6 Å². The van der Waals surface area contributed by atoms with E-state index in [1.165, 1.54) is 16.8 Å². The summed E-state index contributed by atoms with van der Waals surface area (Å²) >= 11 is 0. The molecular weight excluding hydrogens is 447 g/mol. The van der Waals surface area contributed by atoms with E-state index in [2.05, 4.69) is 27.3 Å². The van der Waals surface area contributed by atoms with E-state index < -0.39 is 11.7 Å². The topological polar surface area (TPSA) is 79.2 Å². The smallest absolute Gasteiger partial charge is 0.350 e. The molecule has 1 aromatic carbocycles.